The molecule has 3 aromatic carbocycles. The molecular weight excluding hydrogens is 556 g/mol. The molecule has 0 aliphatic carbocycles. The summed E-state index contributed by atoms with van der Waals surface area (Å²) >= 11 is 0. The van der Waals surface area contributed by atoms with Crippen molar-refractivity contribution in [2.24, 2.45) is 0 Å². The van der Waals surface area contributed by atoms with Gasteiger partial charge in [-0.3, -0.25) is 9.36 Å². The third-order valence-electron chi connectivity index (χ3n) is 6.30. The Labute approximate surface area is 242 Å². The van der Waals surface area contributed by atoms with Crippen LogP contribution >= 0.6 is 12.4 Å². The molecule has 0 aliphatic heterocycles. The number of methoxy groups -OCH3 is 5. The number of pyridine rings is 1. The number of aromatic nitrogens is 1. The zero-order valence-corrected chi connectivity index (χ0v) is 24.0. The number of nitrogens with two attached hydrogens (primary N) is 1. The fraction of sp³-hybridized carbons (Fsp3) is 0.241. The van der Waals surface area contributed by atoms with Crippen molar-refractivity contribution >= 4 is 34.8 Å². The minimum absolute atomic E-state index is 0. The summed E-state index contributed by atoms with van der Waals surface area (Å²) in [6.45, 7) is -0.263. The van der Waals surface area contributed by atoms with Gasteiger partial charge in [-0.05, 0) is 54.1 Å². The van der Waals surface area contributed by atoms with E-state index >= 15 is 0 Å². The molecule has 0 atom stereocenters. The highest BCUT2D eigenvalue weighted by atomic mass is 35.5. The molecule has 1 aromatic heterocycles. The predicted molar refractivity (Wildman–Crippen MR) is 157 cm³/mol. The molecule has 12 heteroatoms. The molecule has 4 aromatic rings. The maximum Gasteiger partial charge on any atom is 0.355 e. The third-order valence-corrected chi connectivity index (χ3v) is 6.30. The Morgan fingerprint density at radius 2 is 1.41 bits per heavy atom. The van der Waals surface area contributed by atoms with E-state index in [0.29, 0.717) is 45.1 Å². The summed E-state index contributed by atoms with van der Waals surface area (Å²) < 4.78 is 34.3. The number of ether oxygens (including phenoxy) is 6. The lowest BCUT2D eigenvalue weighted by molar-refractivity contribution is 0.0591. The number of halogens is 1. The lowest BCUT2D eigenvalue weighted by Gasteiger charge is -2.21. The van der Waals surface area contributed by atoms with Crippen LogP contribution in [0.3, 0.4) is 0 Å². The second kappa shape index (κ2) is 13.2. The van der Waals surface area contributed by atoms with Crippen LogP contribution in [-0.4, -0.2) is 64.4 Å². The van der Waals surface area contributed by atoms with Crippen molar-refractivity contribution in [1.82, 2.24) is 4.57 Å². The van der Waals surface area contributed by atoms with Crippen molar-refractivity contribution < 1.29 is 38.3 Å². The van der Waals surface area contributed by atoms with Crippen molar-refractivity contribution in [3.05, 3.63) is 64.6 Å². The number of nitrogen functional groups attached to an aromatic ring is 1. The molecule has 11 nitrogen and oxygen atoms in total. The number of hydrogen-bond acceptors (Lipinski definition) is 10. The van der Waals surface area contributed by atoms with E-state index in [4.69, 9.17) is 34.2 Å². The highest BCUT2D eigenvalue weighted by Crippen LogP contribution is 2.45. The van der Waals surface area contributed by atoms with Gasteiger partial charge in [-0.2, -0.15) is 0 Å². The van der Waals surface area contributed by atoms with Crippen LogP contribution in [0.5, 0.6) is 28.7 Å². The Morgan fingerprint density at radius 1 is 0.829 bits per heavy atom. The molecule has 0 aliphatic rings. The van der Waals surface area contributed by atoms with Crippen LogP contribution in [-0.2, 0) is 4.74 Å². The quantitative estimate of drug-likeness (QED) is 0.208. The number of benzene rings is 3. The lowest BCUT2D eigenvalue weighted by Crippen LogP contribution is -2.27. The molecule has 0 unspecified atom stereocenters. The molecule has 41 heavy (non-hydrogen) atoms. The molecule has 0 spiro atoms. The Bertz CT molecular complexity index is 1590. The molecule has 0 amide bonds. The maximum atomic E-state index is 14.1. The van der Waals surface area contributed by atoms with E-state index in [-0.39, 0.29) is 48.2 Å². The average molecular weight is 587 g/mol. The number of aliphatic hydroxyl groups excluding tert-OH is 1. The summed E-state index contributed by atoms with van der Waals surface area (Å²) in [6, 6.07) is 13.0. The number of carbonyl (C=O) groups is 1. The number of esters is 1. The highest BCUT2D eigenvalue weighted by molar-refractivity contribution is 6.08. The van der Waals surface area contributed by atoms with Crippen molar-refractivity contribution in [2.45, 2.75) is 0 Å². The van der Waals surface area contributed by atoms with Gasteiger partial charge < -0.3 is 39.3 Å². The van der Waals surface area contributed by atoms with E-state index < -0.39 is 11.5 Å². The number of fused-ring (bicyclic) bond motifs is 1. The Kier molecular flexibility index (Phi) is 9.93. The van der Waals surface area contributed by atoms with E-state index in [1.165, 1.54) is 46.2 Å². The summed E-state index contributed by atoms with van der Waals surface area (Å²) in [6.07, 6.45) is 0. The molecule has 4 rings (SSSR count). The first-order valence-electron chi connectivity index (χ1n) is 12.1. The number of hydrogen-bond donors (Lipinski definition) is 2. The number of rotatable bonds is 10. The standard InChI is InChI=1S/C29H30N2O9.ClH/c1-35-21-15-20-19(14-22(21)40-11-10-32)25(16-12-23(36-2)27(38-4)24(13-16)37-3)26(29(34)39-5)31(28(20)33)18-8-6-17(30)7-9-18;/h6-9,12-15,32H,10-11,30H2,1-5H3;1H. The van der Waals surface area contributed by atoms with E-state index in [1.54, 1.807) is 42.5 Å². The molecule has 3 N–H and O–H groups in total. The number of anilines is 1. The third kappa shape index (κ3) is 5.67. The first kappa shape index (κ1) is 30.9. The van der Waals surface area contributed by atoms with Crippen LogP contribution in [0.25, 0.3) is 27.6 Å². The second-order valence-corrected chi connectivity index (χ2v) is 8.48. The van der Waals surface area contributed by atoms with Gasteiger partial charge in [0.2, 0.25) is 5.75 Å². The summed E-state index contributed by atoms with van der Waals surface area (Å²) in [4.78, 5) is 27.6. The van der Waals surface area contributed by atoms with Gasteiger partial charge in [0.15, 0.2) is 23.0 Å². The zero-order valence-electron chi connectivity index (χ0n) is 23.2. The van der Waals surface area contributed by atoms with Crippen LogP contribution in [0.2, 0.25) is 0 Å². The van der Waals surface area contributed by atoms with Gasteiger partial charge in [0.25, 0.3) is 5.56 Å². The largest absolute Gasteiger partial charge is 0.493 e. The van der Waals surface area contributed by atoms with Gasteiger partial charge in [0.1, 0.15) is 12.3 Å². The van der Waals surface area contributed by atoms with Gasteiger partial charge in [-0.1, -0.05) is 0 Å². The van der Waals surface area contributed by atoms with Gasteiger partial charge >= 0.3 is 5.97 Å². The van der Waals surface area contributed by atoms with Gasteiger partial charge in [0, 0.05) is 22.3 Å². The minimum atomic E-state index is -0.770. The van der Waals surface area contributed by atoms with Crippen LogP contribution in [0, 0.1) is 0 Å². The van der Waals surface area contributed by atoms with E-state index in [0.717, 1.165) is 0 Å². The Hall–Kier alpha value is -4.61. The van der Waals surface area contributed by atoms with Gasteiger partial charge in [0.05, 0.1) is 47.5 Å². The van der Waals surface area contributed by atoms with Gasteiger partial charge in [-0.25, -0.2) is 4.79 Å². The SMILES string of the molecule is COC(=O)c1c(-c2cc(OC)c(OC)c(OC)c2)c2cc(OCCO)c(OC)cc2c(=O)n1-c1ccc(N)cc1.Cl. The number of aliphatic hydroxyl groups is 1. The fourth-order valence-corrected chi connectivity index (χ4v) is 4.51. The predicted octanol–water partition coefficient (Wildman–Crippen LogP) is 3.85. The molecular formula is C29H31ClN2O9. The molecule has 0 bridgehead atoms. The maximum absolute atomic E-state index is 14.1. The topological polar surface area (TPSA) is 141 Å². The van der Waals surface area contributed by atoms with Crippen LogP contribution in [0.4, 0.5) is 5.69 Å². The van der Waals surface area contributed by atoms with E-state index in [2.05, 4.69) is 0 Å². The number of nitrogens with zero attached hydrogens (tertiary/aromatic N) is 1. The molecule has 1 heterocycles. The first-order valence-corrected chi connectivity index (χ1v) is 12.1. The van der Waals surface area contributed by atoms with Crippen molar-refractivity contribution in [3.63, 3.8) is 0 Å². The average Bonchev–Trinajstić information content (AvgIpc) is 2.98. The monoisotopic (exact) mass is 586 g/mol. The lowest BCUT2D eigenvalue weighted by atomic mass is 9.95. The summed E-state index contributed by atoms with van der Waals surface area (Å²) in [7, 11) is 7.10. The van der Waals surface area contributed by atoms with Crippen LogP contribution in [0.15, 0.2) is 53.3 Å². The highest BCUT2D eigenvalue weighted by Gasteiger charge is 2.28. The summed E-state index contributed by atoms with van der Waals surface area (Å²) in [5.74, 6) is 0.765. The smallest absolute Gasteiger partial charge is 0.355 e. The van der Waals surface area contributed by atoms with Crippen LogP contribution < -0.4 is 35.0 Å². The van der Waals surface area contributed by atoms with Crippen molar-refractivity contribution in [3.8, 4) is 45.6 Å². The fourth-order valence-electron chi connectivity index (χ4n) is 4.51. The summed E-state index contributed by atoms with van der Waals surface area (Å²) in [5.41, 5.74) is 6.98. The summed E-state index contributed by atoms with van der Waals surface area (Å²) in [5, 5.41) is 9.93. The molecule has 0 radical (unpaired) electrons. The van der Waals surface area contributed by atoms with E-state index in [9.17, 15) is 14.7 Å². The molecule has 0 saturated heterocycles. The van der Waals surface area contributed by atoms with Crippen LogP contribution in [0.1, 0.15) is 10.5 Å². The normalized spacial score (nSPS) is 10.5. The second-order valence-electron chi connectivity index (χ2n) is 8.48. The number of carbonyl (C=O) groups excluding carboxylic acids is 1. The molecule has 0 fully saturated rings. The Balaban J connectivity index is 0.00000462. The molecule has 0 saturated carbocycles. The molecule has 218 valence electrons. The van der Waals surface area contributed by atoms with Crippen molar-refractivity contribution in [2.75, 3.05) is 54.5 Å². The van der Waals surface area contributed by atoms with Crippen molar-refractivity contribution in [1.29, 1.82) is 0 Å². The van der Waals surface area contributed by atoms with Gasteiger partial charge in [-0.15, -0.1) is 12.4 Å². The Morgan fingerprint density at radius 3 is 1.93 bits per heavy atom. The van der Waals surface area contributed by atoms with E-state index in [1.807, 2.05) is 0 Å². The zero-order chi connectivity index (χ0) is 29.0. The minimum Gasteiger partial charge on any atom is -0.493 e. The first-order chi connectivity index (χ1) is 19.3.